The van der Waals surface area contributed by atoms with Crippen LogP contribution in [0.2, 0.25) is 0 Å². The summed E-state index contributed by atoms with van der Waals surface area (Å²) in [5.41, 5.74) is -0.590. The summed E-state index contributed by atoms with van der Waals surface area (Å²) in [6.07, 6.45) is 1.23. The predicted molar refractivity (Wildman–Crippen MR) is 54.4 cm³/mol. The van der Waals surface area contributed by atoms with E-state index in [1.165, 1.54) is 0 Å². The first-order valence-electron chi connectivity index (χ1n) is 4.17. The van der Waals surface area contributed by atoms with Gasteiger partial charge in [-0.1, -0.05) is 0 Å². The third-order valence-electron chi connectivity index (χ3n) is 2.42. The summed E-state index contributed by atoms with van der Waals surface area (Å²) in [7, 11) is 1.78. The number of carboxylic acid groups (broad SMARTS) is 1. The van der Waals surface area contributed by atoms with Crippen LogP contribution >= 0.6 is 17.0 Å². The number of nitrogens with one attached hydrogen (secondary N) is 1. The van der Waals surface area contributed by atoms with E-state index in [9.17, 15) is 4.79 Å². The molecule has 0 aromatic carbocycles. The lowest BCUT2D eigenvalue weighted by Gasteiger charge is -2.32. The minimum atomic E-state index is -0.708. The second-order valence-electron chi connectivity index (χ2n) is 3.23. The number of hydrogen-bond acceptors (Lipinski definition) is 3. The van der Waals surface area contributed by atoms with Gasteiger partial charge in [-0.2, -0.15) is 0 Å². The largest absolute Gasteiger partial charge is 0.481 e. The Morgan fingerprint density at radius 2 is 2.08 bits per heavy atom. The highest BCUT2D eigenvalue weighted by Crippen LogP contribution is 2.29. The summed E-state index contributed by atoms with van der Waals surface area (Å²) in [6, 6.07) is 0. The molecule has 5 heteroatoms. The second-order valence-corrected chi connectivity index (χ2v) is 3.23. The van der Waals surface area contributed by atoms with Crippen LogP contribution in [0, 0.1) is 5.41 Å². The van der Waals surface area contributed by atoms with Crippen molar-refractivity contribution in [2.75, 3.05) is 26.8 Å². The number of aliphatic carboxylic acids is 1. The molecule has 13 heavy (non-hydrogen) atoms. The van der Waals surface area contributed by atoms with E-state index in [2.05, 4.69) is 5.32 Å². The Morgan fingerprint density at radius 3 is 2.46 bits per heavy atom. The molecule has 1 heterocycles. The minimum Gasteiger partial charge on any atom is -0.481 e. The molecule has 0 aromatic heterocycles. The predicted octanol–water partition coefficient (Wildman–Crippen LogP) is 0.665. The summed E-state index contributed by atoms with van der Waals surface area (Å²) in [5, 5.41) is 11.9. The molecule has 2 N–H and O–H groups in total. The zero-order valence-corrected chi connectivity index (χ0v) is 9.42. The van der Waals surface area contributed by atoms with Crippen LogP contribution in [0.5, 0.6) is 0 Å². The van der Waals surface area contributed by atoms with Crippen LogP contribution in [0.25, 0.3) is 0 Å². The fourth-order valence-corrected chi connectivity index (χ4v) is 1.57. The maximum Gasteiger partial charge on any atom is 0.311 e. The lowest BCUT2D eigenvalue weighted by Crippen LogP contribution is -2.44. The van der Waals surface area contributed by atoms with Gasteiger partial charge in [0.1, 0.15) is 0 Å². The summed E-state index contributed by atoms with van der Waals surface area (Å²) in [5.74, 6) is -0.708. The van der Waals surface area contributed by atoms with E-state index in [0.717, 1.165) is 0 Å². The summed E-state index contributed by atoms with van der Waals surface area (Å²) in [4.78, 5) is 11.0. The maximum absolute atomic E-state index is 11.0. The van der Waals surface area contributed by atoms with Gasteiger partial charge in [-0.3, -0.25) is 4.79 Å². The van der Waals surface area contributed by atoms with Gasteiger partial charge in [0, 0.05) is 19.8 Å². The molecule has 1 aliphatic heterocycles. The Morgan fingerprint density at radius 1 is 1.54 bits per heavy atom. The highest BCUT2D eigenvalue weighted by atomic mass is 79.9. The molecule has 78 valence electrons. The fraction of sp³-hybridized carbons (Fsp3) is 0.875. The van der Waals surface area contributed by atoms with Gasteiger partial charge in [-0.15, -0.1) is 17.0 Å². The molecule has 0 saturated carbocycles. The standard InChI is InChI=1S/C8H15NO3.BrH/c1-9-6-8(7(10)11)2-4-12-5-3-8;/h9H,2-6H2,1H3,(H,10,11);1H. The number of halogens is 1. The van der Waals surface area contributed by atoms with Gasteiger partial charge in [0.05, 0.1) is 5.41 Å². The normalized spacial score (nSPS) is 20.4. The molecule has 0 atom stereocenters. The molecule has 1 fully saturated rings. The number of carboxylic acids is 1. The molecule has 1 rings (SSSR count). The smallest absolute Gasteiger partial charge is 0.311 e. The Hall–Kier alpha value is -0.130. The van der Waals surface area contributed by atoms with Crippen molar-refractivity contribution in [2.24, 2.45) is 5.41 Å². The lowest BCUT2D eigenvalue weighted by molar-refractivity contribution is -0.154. The monoisotopic (exact) mass is 253 g/mol. The van der Waals surface area contributed by atoms with Crippen molar-refractivity contribution in [2.45, 2.75) is 12.8 Å². The van der Waals surface area contributed by atoms with E-state index in [1.54, 1.807) is 7.05 Å². The molecule has 0 bridgehead atoms. The number of carbonyl (C=O) groups is 1. The molecule has 1 aliphatic rings. The van der Waals surface area contributed by atoms with Crippen molar-refractivity contribution in [1.82, 2.24) is 5.32 Å². The first-order valence-corrected chi connectivity index (χ1v) is 4.17. The van der Waals surface area contributed by atoms with Crippen LogP contribution < -0.4 is 5.32 Å². The molecule has 0 spiro atoms. The number of rotatable bonds is 3. The average Bonchev–Trinajstić information content (AvgIpc) is 2.06. The van der Waals surface area contributed by atoms with Gasteiger partial charge in [-0.05, 0) is 19.9 Å². The molecule has 1 saturated heterocycles. The summed E-state index contributed by atoms with van der Waals surface area (Å²) in [6.45, 7) is 1.66. The van der Waals surface area contributed by atoms with Crippen molar-refractivity contribution < 1.29 is 14.6 Å². The van der Waals surface area contributed by atoms with Gasteiger partial charge in [0.2, 0.25) is 0 Å². The van der Waals surface area contributed by atoms with E-state index in [-0.39, 0.29) is 17.0 Å². The van der Waals surface area contributed by atoms with E-state index in [1.807, 2.05) is 0 Å². The van der Waals surface area contributed by atoms with Gasteiger partial charge < -0.3 is 15.2 Å². The third-order valence-corrected chi connectivity index (χ3v) is 2.42. The highest BCUT2D eigenvalue weighted by Gasteiger charge is 2.39. The first kappa shape index (κ1) is 12.9. The van der Waals surface area contributed by atoms with Crippen LogP contribution in [-0.4, -0.2) is 37.9 Å². The first-order chi connectivity index (χ1) is 5.71. The van der Waals surface area contributed by atoms with Crippen molar-refractivity contribution in [3.8, 4) is 0 Å². The Balaban J connectivity index is 0.00000144. The molecule has 0 aromatic rings. The molecular formula is C8H16BrNO3. The molecular weight excluding hydrogens is 238 g/mol. The molecule has 0 unspecified atom stereocenters. The summed E-state index contributed by atoms with van der Waals surface area (Å²) < 4.78 is 5.13. The van der Waals surface area contributed by atoms with Crippen molar-refractivity contribution in [3.63, 3.8) is 0 Å². The van der Waals surface area contributed by atoms with Crippen LogP contribution in [0.4, 0.5) is 0 Å². The average molecular weight is 254 g/mol. The highest BCUT2D eigenvalue weighted by molar-refractivity contribution is 8.93. The minimum absolute atomic E-state index is 0. The van der Waals surface area contributed by atoms with Gasteiger partial charge in [-0.25, -0.2) is 0 Å². The van der Waals surface area contributed by atoms with Gasteiger partial charge in [0.25, 0.3) is 0 Å². The number of hydrogen-bond donors (Lipinski definition) is 2. The van der Waals surface area contributed by atoms with E-state index in [4.69, 9.17) is 9.84 Å². The topological polar surface area (TPSA) is 58.6 Å². The lowest BCUT2D eigenvalue weighted by atomic mass is 9.80. The zero-order valence-electron chi connectivity index (χ0n) is 7.71. The van der Waals surface area contributed by atoms with Gasteiger partial charge >= 0.3 is 5.97 Å². The Labute approximate surface area is 88.4 Å². The van der Waals surface area contributed by atoms with E-state index >= 15 is 0 Å². The quantitative estimate of drug-likeness (QED) is 0.777. The van der Waals surface area contributed by atoms with Crippen molar-refractivity contribution >= 4 is 23.0 Å². The maximum atomic E-state index is 11.0. The van der Waals surface area contributed by atoms with Crippen molar-refractivity contribution in [3.05, 3.63) is 0 Å². The Kier molecular flexibility index (Phi) is 5.51. The van der Waals surface area contributed by atoms with Crippen LogP contribution in [-0.2, 0) is 9.53 Å². The molecule has 0 amide bonds. The number of ether oxygens (including phenoxy) is 1. The molecule has 0 aliphatic carbocycles. The molecule has 0 radical (unpaired) electrons. The zero-order chi connectivity index (χ0) is 9.03. The third kappa shape index (κ3) is 2.93. The van der Waals surface area contributed by atoms with E-state index < -0.39 is 11.4 Å². The SMILES string of the molecule is Br.CNCC1(C(=O)O)CCOCC1. The van der Waals surface area contributed by atoms with Gasteiger partial charge in [0.15, 0.2) is 0 Å². The van der Waals surface area contributed by atoms with Crippen LogP contribution in [0.3, 0.4) is 0 Å². The van der Waals surface area contributed by atoms with Crippen LogP contribution in [0.1, 0.15) is 12.8 Å². The van der Waals surface area contributed by atoms with Crippen molar-refractivity contribution in [1.29, 1.82) is 0 Å². The van der Waals surface area contributed by atoms with Crippen LogP contribution in [0.15, 0.2) is 0 Å². The Bertz CT molecular complexity index is 163. The summed E-state index contributed by atoms with van der Waals surface area (Å²) >= 11 is 0. The fourth-order valence-electron chi connectivity index (χ4n) is 1.57. The molecule has 4 nitrogen and oxygen atoms in total. The second kappa shape index (κ2) is 5.57. The van der Waals surface area contributed by atoms with E-state index in [0.29, 0.717) is 32.6 Å².